The van der Waals surface area contributed by atoms with Gasteiger partial charge in [0.05, 0.1) is 8.07 Å². The zero-order chi connectivity index (χ0) is 18.1. The van der Waals surface area contributed by atoms with E-state index in [-0.39, 0.29) is 5.41 Å². The maximum absolute atomic E-state index is 2.57. The monoisotopic (exact) mass is 346 g/mol. The highest BCUT2D eigenvalue weighted by atomic mass is 28.3. The number of fused-ring (bicyclic) bond motifs is 1. The summed E-state index contributed by atoms with van der Waals surface area (Å²) in [7, 11) is -1.51. The van der Waals surface area contributed by atoms with Crippen molar-refractivity contribution in [2.75, 3.05) is 0 Å². The summed E-state index contributed by atoms with van der Waals surface area (Å²) in [5.41, 5.74) is 10.1. The predicted molar refractivity (Wildman–Crippen MR) is 113 cm³/mol. The minimum absolute atomic E-state index is 0.211. The molecule has 1 aliphatic carbocycles. The molecule has 2 aromatic carbocycles. The smallest absolute Gasteiger partial charge is 0.0647 e. The van der Waals surface area contributed by atoms with E-state index >= 15 is 0 Å². The molecule has 0 aromatic heterocycles. The van der Waals surface area contributed by atoms with Crippen molar-refractivity contribution in [3.8, 4) is 11.1 Å². The topological polar surface area (TPSA) is 0 Å². The summed E-state index contributed by atoms with van der Waals surface area (Å²) >= 11 is 0. The van der Waals surface area contributed by atoms with Crippen LogP contribution < -0.4 is 5.19 Å². The molecule has 2 aliphatic rings. The Morgan fingerprint density at radius 1 is 0.920 bits per heavy atom. The number of hydrogen-bond acceptors (Lipinski definition) is 0. The Labute approximate surface area is 154 Å². The van der Waals surface area contributed by atoms with E-state index in [4.69, 9.17) is 0 Å². The zero-order valence-corrected chi connectivity index (χ0v) is 17.7. The second-order valence-corrected chi connectivity index (χ2v) is 14.3. The summed E-state index contributed by atoms with van der Waals surface area (Å²) in [5, 5.41) is 1.66. The van der Waals surface area contributed by atoms with Gasteiger partial charge in [0.1, 0.15) is 0 Å². The fraction of sp³-hybridized carbons (Fsp3) is 0.417. The van der Waals surface area contributed by atoms with Crippen LogP contribution in [-0.4, -0.2) is 8.07 Å². The summed E-state index contributed by atoms with van der Waals surface area (Å²) in [4.78, 5) is 0. The van der Waals surface area contributed by atoms with E-state index < -0.39 is 8.07 Å². The Hall–Kier alpha value is -1.60. The van der Waals surface area contributed by atoms with E-state index in [2.05, 4.69) is 90.2 Å². The van der Waals surface area contributed by atoms with Gasteiger partial charge >= 0.3 is 0 Å². The van der Waals surface area contributed by atoms with Gasteiger partial charge in [-0.2, -0.15) is 0 Å². The molecule has 1 heterocycles. The van der Waals surface area contributed by atoms with Gasteiger partial charge in [0.15, 0.2) is 0 Å². The molecule has 0 spiro atoms. The molecule has 0 radical (unpaired) electrons. The van der Waals surface area contributed by atoms with E-state index in [0.717, 1.165) is 0 Å². The van der Waals surface area contributed by atoms with E-state index in [0.29, 0.717) is 11.5 Å². The van der Waals surface area contributed by atoms with Crippen LogP contribution in [-0.2, 0) is 5.41 Å². The van der Waals surface area contributed by atoms with Crippen molar-refractivity contribution in [1.29, 1.82) is 0 Å². The lowest BCUT2D eigenvalue weighted by Crippen LogP contribution is -2.44. The lowest BCUT2D eigenvalue weighted by molar-refractivity contribution is 0.590. The van der Waals surface area contributed by atoms with Gasteiger partial charge < -0.3 is 0 Å². The number of rotatable bonds is 2. The standard InChI is InChI=1S/C24H30Si/c1-15(2)19-14-17-10-13-20-21(22(17)23(19)25(20,6)7)16-8-11-18(12-9-16)24(3,4)5/h8-15,23H,1-7H3. The van der Waals surface area contributed by atoms with Crippen LogP contribution >= 0.6 is 0 Å². The number of allylic oxidation sites excluding steroid dienone is 1. The van der Waals surface area contributed by atoms with Crippen LogP contribution in [0.15, 0.2) is 42.0 Å². The van der Waals surface area contributed by atoms with Crippen LogP contribution in [0.2, 0.25) is 13.1 Å². The van der Waals surface area contributed by atoms with Crippen molar-refractivity contribution in [1.82, 2.24) is 0 Å². The fourth-order valence-electron chi connectivity index (χ4n) is 4.92. The fourth-order valence-corrected chi connectivity index (χ4v) is 8.95. The van der Waals surface area contributed by atoms with Crippen LogP contribution in [0.1, 0.15) is 56.9 Å². The minimum atomic E-state index is -1.51. The molecule has 4 rings (SSSR count). The summed E-state index contributed by atoms with van der Waals surface area (Å²) in [6.45, 7) is 16.7. The highest BCUT2D eigenvalue weighted by Gasteiger charge is 2.49. The Bertz CT molecular complexity index is 874. The maximum Gasteiger partial charge on any atom is 0.0931 e. The number of benzene rings is 2. The third-order valence-electron chi connectivity index (χ3n) is 6.35. The quantitative estimate of drug-likeness (QED) is 0.563. The first kappa shape index (κ1) is 16.8. The molecule has 130 valence electrons. The SMILES string of the molecule is CC(C)C1=Cc2ccc3c(-c4ccc(C(C)(C)C)cc4)c2C1[Si]3(C)C. The molecule has 1 heteroatoms. The average Bonchev–Trinajstić information content (AvgIpc) is 2.99. The first-order valence-corrected chi connectivity index (χ1v) is 12.7. The maximum atomic E-state index is 2.57. The molecule has 0 nitrogen and oxygen atoms in total. The van der Waals surface area contributed by atoms with E-state index in [1.54, 1.807) is 21.9 Å². The summed E-state index contributed by atoms with van der Waals surface area (Å²) < 4.78 is 0. The van der Waals surface area contributed by atoms with Crippen molar-refractivity contribution in [3.05, 3.63) is 58.7 Å². The first-order valence-electron chi connectivity index (χ1n) is 9.62. The molecule has 1 aliphatic heterocycles. The lowest BCUT2D eigenvalue weighted by Gasteiger charge is -2.29. The third kappa shape index (κ3) is 2.32. The van der Waals surface area contributed by atoms with E-state index in [1.807, 2.05) is 0 Å². The Balaban J connectivity index is 1.89. The molecule has 0 saturated heterocycles. The van der Waals surface area contributed by atoms with Crippen LogP contribution in [0.5, 0.6) is 0 Å². The Morgan fingerprint density at radius 3 is 2.12 bits per heavy atom. The zero-order valence-electron chi connectivity index (χ0n) is 16.7. The molecular weight excluding hydrogens is 316 g/mol. The van der Waals surface area contributed by atoms with Gasteiger partial charge in [-0.15, -0.1) is 0 Å². The van der Waals surface area contributed by atoms with Gasteiger partial charge in [0.25, 0.3) is 0 Å². The average molecular weight is 347 g/mol. The van der Waals surface area contributed by atoms with Gasteiger partial charge in [-0.1, -0.05) is 101 Å². The molecule has 25 heavy (non-hydrogen) atoms. The molecule has 0 N–H and O–H groups in total. The van der Waals surface area contributed by atoms with Gasteiger partial charge in [-0.3, -0.25) is 0 Å². The summed E-state index contributed by atoms with van der Waals surface area (Å²) in [6, 6.07) is 14.2. The first-order chi connectivity index (χ1) is 11.6. The van der Waals surface area contributed by atoms with E-state index in [9.17, 15) is 0 Å². The van der Waals surface area contributed by atoms with Crippen LogP contribution in [0.3, 0.4) is 0 Å². The van der Waals surface area contributed by atoms with Gasteiger partial charge in [-0.05, 0) is 39.2 Å². The van der Waals surface area contributed by atoms with Crippen LogP contribution in [0.25, 0.3) is 17.2 Å². The molecular formula is C24H30Si. The van der Waals surface area contributed by atoms with Crippen molar-refractivity contribution >= 4 is 19.3 Å². The summed E-state index contributed by atoms with van der Waals surface area (Å²) in [6.07, 6.45) is 2.50. The number of hydrogen-bond donors (Lipinski definition) is 0. The molecule has 0 fully saturated rings. The third-order valence-corrected chi connectivity index (χ3v) is 10.2. The van der Waals surface area contributed by atoms with Crippen molar-refractivity contribution in [3.63, 3.8) is 0 Å². The second kappa shape index (κ2) is 5.20. The molecule has 2 aromatic rings. The Kier molecular flexibility index (Phi) is 3.50. The predicted octanol–water partition coefficient (Wildman–Crippen LogP) is 6.26. The van der Waals surface area contributed by atoms with Gasteiger partial charge in [-0.25, -0.2) is 0 Å². The van der Waals surface area contributed by atoms with Crippen molar-refractivity contribution < 1.29 is 0 Å². The molecule has 0 saturated carbocycles. The molecule has 1 unspecified atom stereocenters. The molecule has 1 atom stereocenters. The highest BCUT2D eigenvalue weighted by Crippen LogP contribution is 2.53. The van der Waals surface area contributed by atoms with Crippen LogP contribution in [0.4, 0.5) is 0 Å². The summed E-state index contributed by atoms with van der Waals surface area (Å²) in [5.74, 6) is 0.639. The van der Waals surface area contributed by atoms with E-state index in [1.165, 1.54) is 16.7 Å². The highest BCUT2D eigenvalue weighted by molar-refractivity contribution is 6.94. The molecule has 2 bridgehead atoms. The van der Waals surface area contributed by atoms with Gasteiger partial charge in [0.2, 0.25) is 0 Å². The largest absolute Gasteiger partial charge is 0.0931 e. The molecule has 0 amide bonds. The minimum Gasteiger partial charge on any atom is -0.0647 e. The van der Waals surface area contributed by atoms with Gasteiger partial charge in [0, 0.05) is 5.54 Å². The normalized spacial score (nSPS) is 20.3. The second-order valence-electron chi connectivity index (χ2n) is 9.77. The van der Waals surface area contributed by atoms with Crippen molar-refractivity contribution in [2.45, 2.75) is 58.7 Å². The van der Waals surface area contributed by atoms with Crippen LogP contribution in [0, 0.1) is 5.92 Å². The lowest BCUT2D eigenvalue weighted by atomic mass is 9.85. The Morgan fingerprint density at radius 2 is 1.56 bits per heavy atom. The van der Waals surface area contributed by atoms with Crippen molar-refractivity contribution in [2.24, 2.45) is 5.92 Å².